The summed E-state index contributed by atoms with van der Waals surface area (Å²) in [5.41, 5.74) is 0.681. The first-order chi connectivity index (χ1) is 14.2. The predicted octanol–water partition coefficient (Wildman–Crippen LogP) is 5.05. The molecule has 1 aromatic carbocycles. The van der Waals surface area contributed by atoms with Gasteiger partial charge in [-0.3, -0.25) is 9.69 Å². The maximum absolute atomic E-state index is 12.9. The number of likely N-dealkylation sites (tertiary alicyclic amines) is 1. The summed E-state index contributed by atoms with van der Waals surface area (Å²) in [6.45, 7) is 10.7. The third-order valence-corrected chi connectivity index (χ3v) is 6.17. The van der Waals surface area contributed by atoms with Crippen LogP contribution in [0.3, 0.4) is 0 Å². The van der Waals surface area contributed by atoms with E-state index in [1.165, 1.54) is 0 Å². The fourth-order valence-electron chi connectivity index (χ4n) is 4.09. The van der Waals surface area contributed by atoms with E-state index < -0.39 is 0 Å². The van der Waals surface area contributed by atoms with Gasteiger partial charge < -0.3 is 9.84 Å². The van der Waals surface area contributed by atoms with Crippen molar-refractivity contribution in [3.05, 3.63) is 34.1 Å². The molecule has 0 saturated carbocycles. The van der Waals surface area contributed by atoms with Gasteiger partial charge in [-0.2, -0.15) is 4.98 Å². The smallest absolute Gasteiger partial charge is 0.241 e. The normalized spacial score (nSPS) is 17.8. The van der Waals surface area contributed by atoms with Crippen molar-refractivity contribution in [1.29, 1.82) is 0 Å². The number of piperidine rings is 1. The summed E-state index contributed by atoms with van der Waals surface area (Å²) in [5, 5.41) is 8.36. The Morgan fingerprint density at radius 3 is 2.67 bits per heavy atom. The van der Waals surface area contributed by atoms with Gasteiger partial charge in [0.1, 0.15) is 0 Å². The van der Waals surface area contributed by atoms with E-state index in [9.17, 15) is 4.79 Å². The van der Waals surface area contributed by atoms with Crippen LogP contribution in [0.2, 0.25) is 10.0 Å². The molecule has 1 N–H and O–H groups in total. The third-order valence-electron chi connectivity index (χ3n) is 5.62. The van der Waals surface area contributed by atoms with Gasteiger partial charge in [0.25, 0.3) is 0 Å². The van der Waals surface area contributed by atoms with Crippen molar-refractivity contribution in [2.45, 2.75) is 53.1 Å². The minimum atomic E-state index is -0.0214. The Balaban J connectivity index is 1.61. The van der Waals surface area contributed by atoms with Crippen LogP contribution in [0.4, 0.5) is 0 Å². The van der Waals surface area contributed by atoms with E-state index in [0.717, 1.165) is 19.4 Å². The zero-order valence-corrected chi connectivity index (χ0v) is 19.5. The summed E-state index contributed by atoms with van der Waals surface area (Å²) in [7, 11) is 0. The quantitative estimate of drug-likeness (QED) is 0.635. The Hall–Kier alpha value is -1.63. The predicted molar refractivity (Wildman–Crippen MR) is 119 cm³/mol. The van der Waals surface area contributed by atoms with Crippen LogP contribution in [0.5, 0.6) is 0 Å². The van der Waals surface area contributed by atoms with Gasteiger partial charge in [0, 0.05) is 23.2 Å². The fourth-order valence-corrected chi connectivity index (χ4v) is 4.58. The van der Waals surface area contributed by atoms with Crippen molar-refractivity contribution in [3.8, 4) is 11.4 Å². The van der Waals surface area contributed by atoms with Gasteiger partial charge in [0.05, 0.1) is 17.5 Å². The summed E-state index contributed by atoms with van der Waals surface area (Å²) < 4.78 is 5.44. The number of hydrogen-bond donors (Lipinski definition) is 1. The molecule has 1 aliphatic rings. The van der Waals surface area contributed by atoms with Crippen LogP contribution in [0.25, 0.3) is 11.4 Å². The average molecular weight is 453 g/mol. The number of aromatic nitrogens is 2. The molecule has 1 unspecified atom stereocenters. The maximum atomic E-state index is 12.9. The standard InChI is InChI=1S/C22H30Cl2N4O2/c1-13(2)20(14(3)4)26-22(29)15-6-5-9-28(11-15)12-19-25-21(27-30-19)17-8-7-16(23)10-18(17)24/h7-8,10,13-15,20H,5-6,9,11-12H2,1-4H3,(H,26,29). The van der Waals surface area contributed by atoms with Gasteiger partial charge in [0.15, 0.2) is 0 Å². The molecule has 3 rings (SSSR count). The van der Waals surface area contributed by atoms with E-state index in [0.29, 0.717) is 52.2 Å². The molecule has 164 valence electrons. The lowest BCUT2D eigenvalue weighted by Gasteiger charge is -2.33. The molecular weight excluding hydrogens is 423 g/mol. The molecular formula is C22H30Cl2N4O2. The molecule has 1 saturated heterocycles. The van der Waals surface area contributed by atoms with Crippen molar-refractivity contribution in [2.75, 3.05) is 13.1 Å². The van der Waals surface area contributed by atoms with Crippen LogP contribution in [-0.2, 0) is 11.3 Å². The second-order valence-corrected chi connectivity index (χ2v) is 9.58. The lowest BCUT2D eigenvalue weighted by Crippen LogP contribution is -2.48. The molecule has 1 fully saturated rings. The van der Waals surface area contributed by atoms with Crippen LogP contribution in [0, 0.1) is 17.8 Å². The van der Waals surface area contributed by atoms with E-state index in [1.807, 2.05) is 0 Å². The van der Waals surface area contributed by atoms with Gasteiger partial charge in [-0.15, -0.1) is 0 Å². The minimum absolute atomic E-state index is 0.0214. The number of halogens is 2. The van der Waals surface area contributed by atoms with E-state index in [-0.39, 0.29) is 17.9 Å². The lowest BCUT2D eigenvalue weighted by molar-refractivity contribution is -0.128. The number of carbonyl (C=O) groups excluding carboxylic acids is 1. The van der Waals surface area contributed by atoms with Crippen molar-refractivity contribution < 1.29 is 9.32 Å². The van der Waals surface area contributed by atoms with E-state index in [4.69, 9.17) is 27.7 Å². The summed E-state index contributed by atoms with van der Waals surface area (Å²) in [6, 6.07) is 5.37. The molecule has 1 atom stereocenters. The number of rotatable bonds is 7. The zero-order chi connectivity index (χ0) is 21.8. The topological polar surface area (TPSA) is 71.3 Å². The lowest BCUT2D eigenvalue weighted by atomic mass is 9.91. The van der Waals surface area contributed by atoms with Gasteiger partial charge in [-0.05, 0) is 49.4 Å². The Morgan fingerprint density at radius 2 is 2.00 bits per heavy atom. The maximum Gasteiger partial charge on any atom is 0.241 e. The summed E-state index contributed by atoms with van der Waals surface area (Å²) in [4.78, 5) is 19.5. The summed E-state index contributed by atoms with van der Waals surface area (Å²) >= 11 is 12.2. The van der Waals surface area contributed by atoms with Gasteiger partial charge >= 0.3 is 0 Å². The van der Waals surface area contributed by atoms with E-state index in [1.54, 1.807) is 18.2 Å². The number of nitrogens with zero attached hydrogens (tertiary/aromatic N) is 3. The van der Waals surface area contributed by atoms with Crippen LogP contribution in [-0.4, -0.2) is 40.1 Å². The second kappa shape index (κ2) is 10.1. The molecule has 2 heterocycles. The minimum Gasteiger partial charge on any atom is -0.353 e. The number of nitrogens with one attached hydrogen (secondary N) is 1. The molecule has 1 aromatic heterocycles. The zero-order valence-electron chi connectivity index (χ0n) is 18.0. The van der Waals surface area contributed by atoms with Crippen LogP contribution < -0.4 is 5.32 Å². The molecule has 2 aromatic rings. The fraction of sp³-hybridized carbons (Fsp3) is 0.591. The number of amides is 1. The highest BCUT2D eigenvalue weighted by atomic mass is 35.5. The highest BCUT2D eigenvalue weighted by molar-refractivity contribution is 6.36. The van der Waals surface area contributed by atoms with Gasteiger partial charge in [-0.1, -0.05) is 56.1 Å². The third kappa shape index (κ3) is 5.74. The van der Waals surface area contributed by atoms with Gasteiger partial charge in [-0.25, -0.2) is 0 Å². The number of benzene rings is 1. The SMILES string of the molecule is CC(C)C(NC(=O)C1CCCN(Cc2nc(-c3ccc(Cl)cc3Cl)no2)C1)C(C)C. The molecule has 0 aliphatic carbocycles. The molecule has 0 spiro atoms. The number of hydrogen-bond acceptors (Lipinski definition) is 5. The van der Waals surface area contributed by atoms with Crippen molar-refractivity contribution in [1.82, 2.24) is 20.4 Å². The highest BCUT2D eigenvalue weighted by Gasteiger charge is 2.29. The second-order valence-electron chi connectivity index (χ2n) is 8.73. The molecule has 0 radical (unpaired) electrons. The Labute approximate surface area is 188 Å². The van der Waals surface area contributed by atoms with Crippen LogP contribution in [0.15, 0.2) is 22.7 Å². The Bertz CT molecular complexity index is 861. The molecule has 8 heteroatoms. The van der Waals surface area contributed by atoms with Gasteiger partial charge in [0.2, 0.25) is 17.6 Å². The highest BCUT2D eigenvalue weighted by Crippen LogP contribution is 2.29. The Kier molecular flexibility index (Phi) is 7.77. The largest absolute Gasteiger partial charge is 0.353 e. The molecule has 0 bridgehead atoms. The van der Waals surface area contributed by atoms with Crippen LogP contribution >= 0.6 is 23.2 Å². The van der Waals surface area contributed by atoms with E-state index in [2.05, 4.69) is 48.1 Å². The molecule has 1 amide bonds. The summed E-state index contributed by atoms with van der Waals surface area (Å²) in [5.74, 6) is 1.89. The van der Waals surface area contributed by atoms with Crippen molar-refractivity contribution in [3.63, 3.8) is 0 Å². The first-order valence-electron chi connectivity index (χ1n) is 10.5. The Morgan fingerprint density at radius 1 is 1.27 bits per heavy atom. The average Bonchev–Trinajstić information content (AvgIpc) is 3.13. The van der Waals surface area contributed by atoms with Crippen molar-refractivity contribution in [2.24, 2.45) is 17.8 Å². The molecule has 6 nitrogen and oxygen atoms in total. The first kappa shape index (κ1) is 23.0. The van der Waals surface area contributed by atoms with Crippen molar-refractivity contribution >= 4 is 29.1 Å². The monoisotopic (exact) mass is 452 g/mol. The summed E-state index contributed by atoms with van der Waals surface area (Å²) in [6.07, 6.45) is 1.87. The number of carbonyl (C=O) groups is 1. The van der Waals surface area contributed by atoms with Crippen LogP contribution in [0.1, 0.15) is 46.4 Å². The molecule has 30 heavy (non-hydrogen) atoms. The molecule has 1 aliphatic heterocycles. The first-order valence-corrected chi connectivity index (χ1v) is 11.3. The van der Waals surface area contributed by atoms with E-state index >= 15 is 0 Å².